The molecule has 386 valence electrons. The van der Waals surface area contributed by atoms with Gasteiger partial charge >= 0.3 is 0 Å². The third-order valence-corrected chi connectivity index (χ3v) is 16.2. The number of nitrogens with zero attached hydrogens (tertiary/aromatic N) is 5. The van der Waals surface area contributed by atoms with Gasteiger partial charge in [-0.15, -0.1) is 0 Å². The van der Waals surface area contributed by atoms with Crippen molar-refractivity contribution >= 4 is 66.7 Å². The summed E-state index contributed by atoms with van der Waals surface area (Å²) >= 11 is 0. The van der Waals surface area contributed by atoms with Crippen LogP contribution >= 0.6 is 0 Å². The fraction of sp³-hybridized carbons (Fsp3) is 0.0130. The molecule has 5 heteroatoms. The maximum atomic E-state index is 5.59. The number of para-hydroxylation sites is 3. The summed E-state index contributed by atoms with van der Waals surface area (Å²) in [5.74, 6) is 0.642. The van der Waals surface area contributed by atoms with Gasteiger partial charge in [-0.1, -0.05) is 231 Å². The van der Waals surface area contributed by atoms with Crippen LogP contribution in [0.4, 0.5) is 0 Å². The zero-order valence-electron chi connectivity index (χ0n) is 45.2. The van der Waals surface area contributed by atoms with Gasteiger partial charge in [0, 0.05) is 49.2 Å². The van der Waals surface area contributed by atoms with Gasteiger partial charge < -0.3 is 13.7 Å². The Balaban J connectivity index is 1.12. The van der Waals surface area contributed by atoms with Crippen LogP contribution in [-0.4, -0.2) is 23.7 Å². The highest BCUT2D eigenvalue weighted by Crippen LogP contribution is 2.46. The molecule has 0 radical (unpaired) electrons. The minimum absolute atomic E-state index is 0.642. The second-order valence-corrected chi connectivity index (χ2v) is 20.9. The topological polar surface area (TPSA) is 40.6 Å². The number of aromatic nitrogens is 5. The SMILES string of the molecule is C=Cc1c(/C=C\C)c2ccccc2n1-c1cc(-c2cc(-c3ccc(-c4ccccc4)cc3)nc(-c3ccccc3)n2)cc(-n2c3ccccc3c3ccccc32)c1-n1c2ccc(-c3ccccc3)cc2c2cc(-c3ccccc3)ccc21. The molecule has 15 rings (SSSR count). The Morgan fingerprint density at radius 3 is 1.22 bits per heavy atom. The van der Waals surface area contributed by atoms with Crippen molar-refractivity contribution in [3.8, 4) is 84.3 Å². The molecule has 0 unspecified atom stereocenters. The van der Waals surface area contributed by atoms with Crippen LogP contribution in [0.2, 0.25) is 0 Å². The molecule has 0 aliphatic heterocycles. The van der Waals surface area contributed by atoms with Crippen LogP contribution in [0.5, 0.6) is 0 Å². The Morgan fingerprint density at radius 1 is 0.317 bits per heavy atom. The van der Waals surface area contributed by atoms with Gasteiger partial charge in [-0.2, -0.15) is 0 Å². The summed E-state index contributed by atoms with van der Waals surface area (Å²) in [6.45, 7) is 6.67. The average Bonchev–Trinajstić information content (AvgIpc) is 4.29. The van der Waals surface area contributed by atoms with E-state index in [2.05, 4.69) is 306 Å². The lowest BCUT2D eigenvalue weighted by molar-refractivity contribution is 1.03. The molecule has 0 aliphatic carbocycles. The van der Waals surface area contributed by atoms with Gasteiger partial charge in [0.25, 0.3) is 0 Å². The van der Waals surface area contributed by atoms with Gasteiger partial charge in [0.05, 0.1) is 61.7 Å². The van der Waals surface area contributed by atoms with E-state index in [1.807, 2.05) is 12.1 Å². The summed E-state index contributed by atoms with van der Waals surface area (Å²) in [6.07, 6.45) is 6.36. The van der Waals surface area contributed by atoms with Gasteiger partial charge in [-0.05, 0) is 107 Å². The molecule has 5 nitrogen and oxygen atoms in total. The fourth-order valence-electron chi connectivity index (χ4n) is 12.4. The summed E-state index contributed by atoms with van der Waals surface area (Å²) in [4.78, 5) is 11.0. The van der Waals surface area contributed by atoms with Crippen LogP contribution < -0.4 is 0 Å². The highest BCUT2D eigenvalue weighted by Gasteiger charge is 2.28. The lowest BCUT2D eigenvalue weighted by atomic mass is 10.0. The second kappa shape index (κ2) is 20.1. The van der Waals surface area contributed by atoms with Gasteiger partial charge in [-0.3, -0.25) is 0 Å². The van der Waals surface area contributed by atoms with Crippen LogP contribution in [0.1, 0.15) is 18.2 Å². The molecule has 0 N–H and O–H groups in total. The van der Waals surface area contributed by atoms with E-state index in [1.54, 1.807) is 0 Å². The first-order chi connectivity index (χ1) is 40.6. The normalized spacial score (nSPS) is 11.7. The first-order valence-corrected chi connectivity index (χ1v) is 28.0. The number of allylic oxidation sites excluding steroid dienone is 1. The van der Waals surface area contributed by atoms with Gasteiger partial charge in [0.2, 0.25) is 0 Å². The fourth-order valence-corrected chi connectivity index (χ4v) is 12.4. The van der Waals surface area contributed by atoms with Crippen molar-refractivity contribution in [2.45, 2.75) is 6.92 Å². The lowest BCUT2D eigenvalue weighted by Gasteiger charge is -2.24. The third-order valence-electron chi connectivity index (χ3n) is 16.2. The summed E-state index contributed by atoms with van der Waals surface area (Å²) in [6, 6.07) is 98.3. The molecule has 15 aromatic rings. The van der Waals surface area contributed by atoms with Gasteiger partial charge in [-0.25, -0.2) is 9.97 Å². The molecule has 0 saturated heterocycles. The number of fused-ring (bicyclic) bond motifs is 7. The smallest absolute Gasteiger partial charge is 0.160 e. The average molecular weight is 1050 g/mol. The predicted molar refractivity (Wildman–Crippen MR) is 345 cm³/mol. The molecule has 4 heterocycles. The summed E-state index contributed by atoms with van der Waals surface area (Å²) < 4.78 is 7.44. The predicted octanol–water partition coefficient (Wildman–Crippen LogP) is 20.3. The maximum absolute atomic E-state index is 5.59. The molecule has 11 aromatic carbocycles. The highest BCUT2D eigenvalue weighted by atomic mass is 15.1. The van der Waals surface area contributed by atoms with E-state index >= 15 is 0 Å². The zero-order valence-corrected chi connectivity index (χ0v) is 45.2. The van der Waals surface area contributed by atoms with Crippen molar-refractivity contribution in [3.63, 3.8) is 0 Å². The van der Waals surface area contributed by atoms with Crippen LogP contribution in [0.3, 0.4) is 0 Å². The maximum Gasteiger partial charge on any atom is 0.160 e. The minimum Gasteiger partial charge on any atom is -0.307 e. The Bertz CT molecular complexity index is 4820. The van der Waals surface area contributed by atoms with E-state index in [4.69, 9.17) is 9.97 Å². The van der Waals surface area contributed by atoms with Crippen molar-refractivity contribution in [1.29, 1.82) is 0 Å². The molecule has 0 spiro atoms. The van der Waals surface area contributed by atoms with Crippen LogP contribution in [0, 0.1) is 0 Å². The standard InChI is InChI=1S/C77H53N5/c1-3-23-60-61-32-17-20-35-69(61)80(68(60)4-2)74-48-59(67-50-66(78-77(79-67)56-30-15-8-16-31-56)55-40-38-54(39-41-55)51-24-9-5-10-25-51)49-75(81-70-36-21-18-33-62(70)63-34-19-22-37-71(63)81)76(74)82-72-44-42-57(52-26-11-6-12-27-52)46-64(72)65-47-58(43-45-73(65)82)53-28-13-7-14-29-53/h3-50H,2H2,1H3/b23-3-. The molecule has 0 fully saturated rings. The van der Waals surface area contributed by atoms with Crippen molar-refractivity contribution in [1.82, 2.24) is 23.7 Å². The number of hydrogen-bond acceptors (Lipinski definition) is 2. The van der Waals surface area contributed by atoms with Gasteiger partial charge in [0.1, 0.15) is 0 Å². The Morgan fingerprint density at radius 2 is 0.707 bits per heavy atom. The third kappa shape index (κ3) is 8.09. The van der Waals surface area contributed by atoms with Gasteiger partial charge in [0.15, 0.2) is 5.82 Å². The summed E-state index contributed by atoms with van der Waals surface area (Å²) in [5, 5.41) is 5.77. The van der Waals surface area contributed by atoms with Crippen molar-refractivity contribution in [2.24, 2.45) is 0 Å². The number of benzene rings is 11. The molecule has 0 bridgehead atoms. The molecule has 0 aliphatic rings. The lowest BCUT2D eigenvalue weighted by Crippen LogP contribution is -2.11. The van der Waals surface area contributed by atoms with Crippen molar-refractivity contribution in [2.75, 3.05) is 0 Å². The molecule has 4 aromatic heterocycles. The Kier molecular flexibility index (Phi) is 11.8. The molecule has 0 atom stereocenters. The first-order valence-electron chi connectivity index (χ1n) is 28.0. The first kappa shape index (κ1) is 48.3. The molecule has 0 amide bonds. The van der Waals surface area contributed by atoms with E-state index in [1.165, 1.54) is 10.8 Å². The van der Waals surface area contributed by atoms with E-state index in [0.29, 0.717) is 5.82 Å². The molecular weight excluding hydrogens is 995 g/mol. The Hall–Kier alpha value is -10.9. The van der Waals surface area contributed by atoms with E-state index < -0.39 is 0 Å². The number of rotatable bonds is 11. The van der Waals surface area contributed by atoms with E-state index in [-0.39, 0.29) is 0 Å². The molecular formula is C77H53N5. The van der Waals surface area contributed by atoms with E-state index in [9.17, 15) is 0 Å². The van der Waals surface area contributed by atoms with Crippen molar-refractivity contribution < 1.29 is 0 Å². The largest absolute Gasteiger partial charge is 0.307 e. The van der Waals surface area contributed by atoms with E-state index in [0.717, 1.165) is 134 Å². The molecule has 0 saturated carbocycles. The van der Waals surface area contributed by atoms with Crippen molar-refractivity contribution in [3.05, 3.63) is 297 Å². The zero-order chi connectivity index (χ0) is 54.7. The Labute approximate surface area is 475 Å². The minimum atomic E-state index is 0.642. The highest BCUT2D eigenvalue weighted by molar-refractivity contribution is 6.14. The summed E-state index contributed by atoms with van der Waals surface area (Å²) in [7, 11) is 0. The van der Waals surface area contributed by atoms with Crippen LogP contribution in [-0.2, 0) is 0 Å². The quantitative estimate of drug-likeness (QED) is 0.130. The summed E-state index contributed by atoms with van der Waals surface area (Å²) in [5.41, 5.74) is 21.8. The monoisotopic (exact) mass is 1050 g/mol. The number of hydrogen-bond donors (Lipinski definition) is 0. The molecule has 82 heavy (non-hydrogen) atoms. The van der Waals surface area contributed by atoms with Crippen LogP contribution in [0.15, 0.2) is 286 Å². The van der Waals surface area contributed by atoms with Crippen LogP contribution in [0.25, 0.3) is 151 Å². The second-order valence-electron chi connectivity index (χ2n) is 20.9.